The van der Waals surface area contributed by atoms with Crippen molar-refractivity contribution in [3.63, 3.8) is 0 Å². The van der Waals surface area contributed by atoms with Crippen LogP contribution in [-0.2, 0) is 9.53 Å². The van der Waals surface area contributed by atoms with Gasteiger partial charge in [-0.3, -0.25) is 9.59 Å². The molecular formula is C13H15NO6. The smallest absolute Gasteiger partial charge is 0.305 e. The molecule has 1 amide bonds. The fourth-order valence-corrected chi connectivity index (χ4v) is 2.15. The Morgan fingerprint density at radius 1 is 1.35 bits per heavy atom. The van der Waals surface area contributed by atoms with Crippen molar-refractivity contribution in [3.8, 4) is 11.5 Å². The number of phenolic OH excluding ortho intramolecular Hbond substituents is 2. The Bertz CT molecular complexity index is 530. The Balaban J connectivity index is 2.25. The van der Waals surface area contributed by atoms with Gasteiger partial charge in [0.2, 0.25) is 0 Å². The second-order valence-corrected chi connectivity index (χ2v) is 4.50. The maximum absolute atomic E-state index is 12.4. The summed E-state index contributed by atoms with van der Waals surface area (Å²) >= 11 is 0. The molecule has 0 aliphatic carbocycles. The number of morpholine rings is 1. The van der Waals surface area contributed by atoms with Gasteiger partial charge in [-0.25, -0.2) is 0 Å². The van der Waals surface area contributed by atoms with Crippen molar-refractivity contribution in [2.45, 2.75) is 12.5 Å². The molecule has 7 heteroatoms. The van der Waals surface area contributed by atoms with Crippen LogP contribution in [0.2, 0.25) is 0 Å². The number of benzene rings is 1. The lowest BCUT2D eigenvalue weighted by Gasteiger charge is -2.35. The Morgan fingerprint density at radius 2 is 2.10 bits per heavy atom. The Kier molecular flexibility index (Phi) is 4.09. The molecule has 1 aromatic rings. The molecule has 1 unspecified atom stereocenters. The van der Waals surface area contributed by atoms with E-state index in [0.717, 1.165) is 0 Å². The molecule has 20 heavy (non-hydrogen) atoms. The van der Waals surface area contributed by atoms with Crippen molar-refractivity contribution < 1.29 is 29.6 Å². The molecule has 2 rings (SSSR count). The van der Waals surface area contributed by atoms with Crippen LogP contribution in [0.3, 0.4) is 0 Å². The van der Waals surface area contributed by atoms with Crippen LogP contribution < -0.4 is 0 Å². The zero-order valence-electron chi connectivity index (χ0n) is 10.7. The lowest BCUT2D eigenvalue weighted by molar-refractivity contribution is -0.139. The standard InChI is InChI=1S/C13H15NO6/c15-10-3-1-2-9(12(10)18)13(19)14-4-5-20-7-8(14)6-11(16)17/h1-3,8,15,18H,4-7H2,(H,16,17). The van der Waals surface area contributed by atoms with Gasteiger partial charge in [-0.15, -0.1) is 0 Å². The van der Waals surface area contributed by atoms with E-state index in [-0.39, 0.29) is 30.9 Å². The predicted molar refractivity (Wildman–Crippen MR) is 67.7 cm³/mol. The summed E-state index contributed by atoms with van der Waals surface area (Å²) in [5, 5.41) is 28.0. The third kappa shape index (κ3) is 2.83. The monoisotopic (exact) mass is 281 g/mol. The van der Waals surface area contributed by atoms with Gasteiger partial charge in [0.15, 0.2) is 11.5 Å². The molecule has 0 spiro atoms. The van der Waals surface area contributed by atoms with E-state index in [1.807, 2.05) is 0 Å². The summed E-state index contributed by atoms with van der Waals surface area (Å²) in [6.45, 7) is 0.685. The highest BCUT2D eigenvalue weighted by atomic mass is 16.5. The SMILES string of the molecule is O=C(O)CC1COCCN1C(=O)c1cccc(O)c1O. The van der Waals surface area contributed by atoms with Crippen LogP contribution in [0.15, 0.2) is 18.2 Å². The molecule has 7 nitrogen and oxygen atoms in total. The van der Waals surface area contributed by atoms with Crippen molar-refractivity contribution in [2.75, 3.05) is 19.8 Å². The summed E-state index contributed by atoms with van der Waals surface area (Å²) in [7, 11) is 0. The number of carboxylic acids is 1. The van der Waals surface area contributed by atoms with Crippen LogP contribution in [0.25, 0.3) is 0 Å². The van der Waals surface area contributed by atoms with Crippen molar-refractivity contribution >= 4 is 11.9 Å². The highest BCUT2D eigenvalue weighted by Gasteiger charge is 2.31. The summed E-state index contributed by atoms with van der Waals surface area (Å²) in [4.78, 5) is 24.5. The Labute approximate surface area is 115 Å². The van der Waals surface area contributed by atoms with Gasteiger partial charge in [-0.1, -0.05) is 6.07 Å². The maximum Gasteiger partial charge on any atom is 0.305 e. The lowest BCUT2D eigenvalue weighted by atomic mass is 10.1. The number of phenols is 2. The molecule has 1 heterocycles. The second-order valence-electron chi connectivity index (χ2n) is 4.50. The van der Waals surface area contributed by atoms with Gasteiger partial charge in [0.25, 0.3) is 5.91 Å². The minimum Gasteiger partial charge on any atom is -0.504 e. The van der Waals surface area contributed by atoms with Crippen LogP contribution >= 0.6 is 0 Å². The average molecular weight is 281 g/mol. The first-order chi connectivity index (χ1) is 9.50. The number of hydrogen-bond donors (Lipinski definition) is 3. The molecule has 0 aromatic heterocycles. The molecule has 108 valence electrons. The molecule has 1 fully saturated rings. The number of carbonyl (C=O) groups is 2. The van der Waals surface area contributed by atoms with Crippen LogP contribution in [0.1, 0.15) is 16.8 Å². The lowest BCUT2D eigenvalue weighted by Crippen LogP contribution is -2.49. The minimum absolute atomic E-state index is 0.0534. The summed E-state index contributed by atoms with van der Waals surface area (Å²) in [6, 6.07) is 3.50. The number of nitrogens with zero attached hydrogens (tertiary/aromatic N) is 1. The van der Waals surface area contributed by atoms with Crippen LogP contribution in [0.5, 0.6) is 11.5 Å². The minimum atomic E-state index is -1.03. The molecule has 0 bridgehead atoms. The van der Waals surface area contributed by atoms with E-state index in [1.54, 1.807) is 0 Å². The Morgan fingerprint density at radius 3 is 2.80 bits per heavy atom. The summed E-state index contributed by atoms with van der Waals surface area (Å²) in [5.74, 6) is -2.44. The largest absolute Gasteiger partial charge is 0.504 e. The Hall–Kier alpha value is -2.28. The number of aliphatic carboxylic acids is 1. The number of amides is 1. The van der Waals surface area contributed by atoms with E-state index < -0.39 is 23.7 Å². The number of carbonyl (C=O) groups excluding carboxylic acids is 1. The van der Waals surface area contributed by atoms with Gasteiger partial charge < -0.3 is 25.0 Å². The molecule has 1 atom stereocenters. The summed E-state index contributed by atoms with van der Waals surface area (Å²) in [5.41, 5.74) is -0.0534. The normalized spacial score (nSPS) is 18.8. The summed E-state index contributed by atoms with van der Waals surface area (Å²) < 4.78 is 5.18. The molecule has 1 aliphatic rings. The zero-order chi connectivity index (χ0) is 14.7. The number of aromatic hydroxyl groups is 2. The van der Waals surface area contributed by atoms with Crippen LogP contribution in [0.4, 0.5) is 0 Å². The van der Waals surface area contributed by atoms with E-state index in [4.69, 9.17) is 9.84 Å². The fraction of sp³-hybridized carbons (Fsp3) is 0.385. The van der Waals surface area contributed by atoms with Crippen LogP contribution in [0, 0.1) is 0 Å². The van der Waals surface area contributed by atoms with Gasteiger partial charge in [-0.2, -0.15) is 0 Å². The van der Waals surface area contributed by atoms with Crippen LogP contribution in [-0.4, -0.2) is 57.9 Å². The topological polar surface area (TPSA) is 107 Å². The highest BCUT2D eigenvalue weighted by molar-refractivity contribution is 5.98. The van der Waals surface area contributed by atoms with E-state index in [0.29, 0.717) is 6.61 Å². The molecular weight excluding hydrogens is 266 g/mol. The van der Waals surface area contributed by atoms with E-state index in [2.05, 4.69) is 0 Å². The van der Waals surface area contributed by atoms with E-state index in [1.165, 1.54) is 23.1 Å². The van der Waals surface area contributed by atoms with Gasteiger partial charge in [-0.05, 0) is 12.1 Å². The van der Waals surface area contributed by atoms with Crippen molar-refractivity contribution in [2.24, 2.45) is 0 Å². The predicted octanol–water partition coefficient (Wildman–Crippen LogP) is 0.413. The highest BCUT2D eigenvalue weighted by Crippen LogP contribution is 2.30. The van der Waals surface area contributed by atoms with Crippen molar-refractivity contribution in [3.05, 3.63) is 23.8 Å². The molecule has 1 saturated heterocycles. The molecule has 0 radical (unpaired) electrons. The maximum atomic E-state index is 12.4. The number of hydrogen-bond acceptors (Lipinski definition) is 5. The third-order valence-corrected chi connectivity index (χ3v) is 3.14. The van der Waals surface area contributed by atoms with Gasteiger partial charge in [0, 0.05) is 6.54 Å². The quantitative estimate of drug-likeness (QED) is 0.693. The van der Waals surface area contributed by atoms with E-state index in [9.17, 15) is 19.8 Å². The molecule has 1 aromatic carbocycles. The van der Waals surface area contributed by atoms with Gasteiger partial charge >= 0.3 is 5.97 Å². The first-order valence-electron chi connectivity index (χ1n) is 6.12. The molecule has 0 saturated carbocycles. The number of para-hydroxylation sites is 1. The number of carboxylic acid groups (broad SMARTS) is 1. The van der Waals surface area contributed by atoms with Crippen molar-refractivity contribution in [1.82, 2.24) is 4.90 Å². The molecule has 1 aliphatic heterocycles. The molecule has 3 N–H and O–H groups in total. The zero-order valence-corrected chi connectivity index (χ0v) is 10.7. The third-order valence-electron chi connectivity index (χ3n) is 3.14. The second kappa shape index (κ2) is 5.79. The summed E-state index contributed by atoms with van der Waals surface area (Å²) in [6.07, 6.45) is -0.231. The van der Waals surface area contributed by atoms with Crippen molar-refractivity contribution in [1.29, 1.82) is 0 Å². The van der Waals surface area contributed by atoms with E-state index >= 15 is 0 Å². The van der Waals surface area contributed by atoms with Gasteiger partial charge in [0.05, 0.1) is 31.2 Å². The first-order valence-corrected chi connectivity index (χ1v) is 6.12. The average Bonchev–Trinajstić information content (AvgIpc) is 2.41. The first kappa shape index (κ1) is 14.1. The number of ether oxygens (including phenoxy) is 1. The number of rotatable bonds is 3. The fourth-order valence-electron chi connectivity index (χ4n) is 2.15. The van der Waals surface area contributed by atoms with Gasteiger partial charge in [0.1, 0.15) is 0 Å².